The van der Waals surface area contributed by atoms with Gasteiger partial charge in [0.25, 0.3) is 0 Å². The molecule has 2 heterocycles. The third-order valence-electron chi connectivity index (χ3n) is 2.44. The van der Waals surface area contributed by atoms with Gasteiger partial charge in [0.1, 0.15) is 12.1 Å². The molecule has 0 N–H and O–H groups in total. The van der Waals surface area contributed by atoms with Gasteiger partial charge in [-0.1, -0.05) is 18.2 Å². The highest BCUT2D eigenvalue weighted by molar-refractivity contribution is 5.55. The Labute approximate surface area is 101 Å². The third-order valence-corrected chi connectivity index (χ3v) is 2.44. The van der Waals surface area contributed by atoms with Gasteiger partial charge in [0.15, 0.2) is 11.4 Å². The van der Waals surface area contributed by atoms with Gasteiger partial charge in [-0.25, -0.2) is 0 Å². The Morgan fingerprint density at radius 3 is 2.56 bits per heavy atom. The van der Waals surface area contributed by atoms with E-state index in [0.29, 0.717) is 5.89 Å². The summed E-state index contributed by atoms with van der Waals surface area (Å²) >= 11 is 0. The van der Waals surface area contributed by atoms with Gasteiger partial charge < -0.3 is 4.42 Å². The Balaban J connectivity index is 2.23. The normalized spacial score (nSPS) is 10.1. The molecule has 0 saturated heterocycles. The Hall–Kier alpha value is -3.12. The fraction of sp³-hybridized carbons (Fsp3) is 0. The predicted octanol–water partition coefficient (Wildman–Crippen LogP) is 1.73. The van der Waals surface area contributed by atoms with E-state index in [0.717, 1.165) is 5.56 Å². The van der Waals surface area contributed by atoms with Crippen LogP contribution in [-0.4, -0.2) is 14.6 Å². The van der Waals surface area contributed by atoms with Gasteiger partial charge in [-0.15, -0.1) is 5.10 Å². The molecule has 18 heavy (non-hydrogen) atoms. The lowest BCUT2D eigenvalue weighted by Crippen LogP contribution is -1.90. The Kier molecular flexibility index (Phi) is 2.08. The number of imidazole rings is 1. The molecule has 0 fully saturated rings. The van der Waals surface area contributed by atoms with E-state index in [4.69, 9.17) is 14.9 Å². The highest BCUT2D eigenvalue weighted by Crippen LogP contribution is 2.20. The number of hydrogen-bond donors (Lipinski definition) is 0. The molecular formula is C12H5N5O. The van der Waals surface area contributed by atoms with E-state index >= 15 is 0 Å². The summed E-state index contributed by atoms with van der Waals surface area (Å²) in [6.45, 7) is 0. The molecule has 6 nitrogen and oxygen atoms in total. The van der Waals surface area contributed by atoms with Crippen molar-refractivity contribution in [2.24, 2.45) is 0 Å². The van der Waals surface area contributed by atoms with Crippen LogP contribution in [0.1, 0.15) is 11.4 Å². The van der Waals surface area contributed by atoms with Crippen LogP contribution in [0.15, 0.2) is 34.7 Å². The van der Waals surface area contributed by atoms with E-state index < -0.39 is 0 Å². The number of nitrogens with zero attached hydrogens (tertiary/aromatic N) is 5. The van der Waals surface area contributed by atoms with Crippen molar-refractivity contribution in [3.8, 4) is 23.6 Å². The molecule has 0 bridgehead atoms. The molecule has 0 unspecified atom stereocenters. The minimum absolute atomic E-state index is 0.0170. The van der Waals surface area contributed by atoms with Crippen molar-refractivity contribution in [1.29, 1.82) is 10.5 Å². The summed E-state index contributed by atoms with van der Waals surface area (Å²) in [4.78, 5) is 3.90. The van der Waals surface area contributed by atoms with E-state index in [1.165, 1.54) is 4.52 Å². The third kappa shape index (κ3) is 1.34. The fourth-order valence-electron chi connectivity index (χ4n) is 1.62. The van der Waals surface area contributed by atoms with E-state index in [2.05, 4.69) is 10.1 Å². The van der Waals surface area contributed by atoms with Crippen LogP contribution in [0.25, 0.3) is 17.3 Å². The molecule has 0 atom stereocenters. The summed E-state index contributed by atoms with van der Waals surface area (Å²) in [5, 5.41) is 21.9. The van der Waals surface area contributed by atoms with E-state index in [1.54, 1.807) is 0 Å². The van der Waals surface area contributed by atoms with Crippen molar-refractivity contribution >= 4 is 5.84 Å². The number of nitriles is 2. The molecule has 0 amide bonds. The van der Waals surface area contributed by atoms with Crippen LogP contribution in [0.2, 0.25) is 0 Å². The molecule has 2 aromatic heterocycles. The lowest BCUT2D eigenvalue weighted by Gasteiger charge is -1.91. The maximum atomic E-state index is 8.97. The zero-order chi connectivity index (χ0) is 12.5. The van der Waals surface area contributed by atoms with Gasteiger partial charge >= 0.3 is 5.84 Å². The molecule has 0 aliphatic carbocycles. The number of rotatable bonds is 1. The van der Waals surface area contributed by atoms with Crippen LogP contribution in [0.4, 0.5) is 0 Å². The molecule has 3 rings (SSSR count). The summed E-state index contributed by atoms with van der Waals surface area (Å²) in [6.07, 6.45) is 0. The van der Waals surface area contributed by atoms with Gasteiger partial charge in [-0.05, 0) is 12.1 Å². The van der Waals surface area contributed by atoms with Gasteiger partial charge in [0.2, 0.25) is 5.89 Å². The van der Waals surface area contributed by atoms with Crippen molar-refractivity contribution in [3.63, 3.8) is 0 Å². The molecule has 0 aliphatic rings. The van der Waals surface area contributed by atoms with E-state index in [-0.39, 0.29) is 17.2 Å². The zero-order valence-electron chi connectivity index (χ0n) is 9.03. The molecule has 1 aromatic carbocycles. The van der Waals surface area contributed by atoms with Crippen LogP contribution in [0.3, 0.4) is 0 Å². The van der Waals surface area contributed by atoms with Gasteiger partial charge in [-0.2, -0.15) is 20.0 Å². The lowest BCUT2D eigenvalue weighted by molar-refractivity contribution is 0.605. The minimum Gasteiger partial charge on any atom is -0.403 e. The second-order valence-electron chi connectivity index (χ2n) is 3.50. The molecule has 84 valence electrons. The van der Waals surface area contributed by atoms with Crippen molar-refractivity contribution in [2.75, 3.05) is 0 Å². The quantitative estimate of drug-likeness (QED) is 0.640. The van der Waals surface area contributed by atoms with Crippen LogP contribution in [0.5, 0.6) is 0 Å². The van der Waals surface area contributed by atoms with Crippen molar-refractivity contribution < 1.29 is 4.42 Å². The second-order valence-corrected chi connectivity index (χ2v) is 3.50. The van der Waals surface area contributed by atoms with Crippen LogP contribution in [0, 0.1) is 22.7 Å². The number of fused-ring (bicyclic) bond motifs is 1. The fourth-order valence-corrected chi connectivity index (χ4v) is 1.62. The largest absolute Gasteiger partial charge is 0.403 e. The topological polar surface area (TPSA) is 90.9 Å². The maximum Gasteiger partial charge on any atom is 0.327 e. The molecule has 0 spiro atoms. The molecule has 6 heteroatoms. The Morgan fingerprint density at radius 1 is 1.11 bits per heavy atom. The molecule has 0 radical (unpaired) electrons. The standard InChI is InChI=1S/C12H5N5O/c13-6-9-10(7-14)17-12(15-9)18-11(16-17)8-4-2-1-3-5-8/h1-5H. The monoisotopic (exact) mass is 235 g/mol. The summed E-state index contributed by atoms with van der Waals surface area (Å²) in [5.41, 5.74) is 0.882. The summed E-state index contributed by atoms with van der Waals surface area (Å²) < 4.78 is 6.65. The van der Waals surface area contributed by atoms with Crippen LogP contribution < -0.4 is 0 Å². The van der Waals surface area contributed by atoms with Gasteiger partial charge in [0.05, 0.1) is 0 Å². The van der Waals surface area contributed by atoms with Crippen molar-refractivity contribution in [2.45, 2.75) is 0 Å². The summed E-state index contributed by atoms with van der Waals surface area (Å²) in [5.74, 6) is 0.501. The van der Waals surface area contributed by atoms with Crippen LogP contribution in [-0.2, 0) is 0 Å². The first-order chi connectivity index (χ1) is 8.83. The molecule has 0 aliphatic heterocycles. The molecule has 3 aromatic rings. The highest BCUT2D eigenvalue weighted by Gasteiger charge is 2.17. The van der Waals surface area contributed by atoms with E-state index in [9.17, 15) is 0 Å². The first kappa shape index (κ1) is 10.1. The first-order valence-electron chi connectivity index (χ1n) is 5.08. The first-order valence-corrected chi connectivity index (χ1v) is 5.08. The average molecular weight is 235 g/mol. The number of aromatic nitrogens is 3. The van der Waals surface area contributed by atoms with E-state index in [1.807, 2.05) is 42.5 Å². The van der Waals surface area contributed by atoms with Crippen molar-refractivity contribution in [1.82, 2.24) is 14.6 Å². The minimum atomic E-state index is 0.0170. The van der Waals surface area contributed by atoms with Gasteiger partial charge in [-0.3, -0.25) is 0 Å². The maximum absolute atomic E-state index is 8.97. The lowest BCUT2D eigenvalue weighted by atomic mass is 10.2. The number of hydrogen-bond acceptors (Lipinski definition) is 5. The molecular weight excluding hydrogens is 230 g/mol. The van der Waals surface area contributed by atoms with Crippen molar-refractivity contribution in [3.05, 3.63) is 41.7 Å². The Morgan fingerprint density at radius 2 is 1.89 bits per heavy atom. The smallest absolute Gasteiger partial charge is 0.327 e. The molecule has 0 saturated carbocycles. The number of benzene rings is 1. The van der Waals surface area contributed by atoms with Gasteiger partial charge in [0, 0.05) is 5.56 Å². The second kappa shape index (κ2) is 3.72. The SMILES string of the molecule is N#Cc1nc2oc(-c3ccccc3)nn2c1C#N. The Bertz CT molecular complexity index is 801. The zero-order valence-corrected chi connectivity index (χ0v) is 9.03. The highest BCUT2D eigenvalue weighted by atomic mass is 16.4. The van der Waals surface area contributed by atoms with Crippen LogP contribution >= 0.6 is 0 Å². The summed E-state index contributed by atoms with van der Waals surface area (Å²) in [7, 11) is 0. The summed E-state index contributed by atoms with van der Waals surface area (Å²) in [6, 6.07) is 13.0. The predicted molar refractivity (Wildman–Crippen MR) is 60.1 cm³/mol. The average Bonchev–Trinajstić information content (AvgIpc) is 2.96.